The zero-order valence-electron chi connectivity index (χ0n) is 11.3. The lowest BCUT2D eigenvalue weighted by Gasteiger charge is -2.06. The Hall–Kier alpha value is -1.40. The van der Waals surface area contributed by atoms with Crippen LogP contribution in [0.4, 0.5) is 5.82 Å². The maximum atomic E-state index is 11.0. The third kappa shape index (κ3) is 5.30. The molecule has 0 amide bonds. The van der Waals surface area contributed by atoms with E-state index in [0.29, 0.717) is 12.3 Å². The molecule has 1 heterocycles. The first-order chi connectivity index (χ1) is 9.74. The van der Waals surface area contributed by atoms with Gasteiger partial charge in [-0.3, -0.25) is 9.19 Å². The van der Waals surface area contributed by atoms with Crippen molar-refractivity contribution < 1.29 is 4.21 Å². The van der Waals surface area contributed by atoms with Gasteiger partial charge >= 0.3 is 0 Å². The minimum absolute atomic E-state index is 0.614. The number of aromatic nitrogens is 2. The molecule has 1 aromatic carbocycles. The average molecular weight is 307 g/mol. The number of thioether (sulfide) groups is 1. The Labute approximate surface area is 125 Å². The van der Waals surface area contributed by atoms with E-state index in [1.54, 1.807) is 30.4 Å². The van der Waals surface area contributed by atoms with E-state index in [1.165, 1.54) is 5.56 Å². The van der Waals surface area contributed by atoms with Gasteiger partial charge in [0.2, 0.25) is 0 Å². The van der Waals surface area contributed by atoms with Crippen LogP contribution in [0.1, 0.15) is 5.56 Å². The molecule has 0 aliphatic rings. The molecule has 2 aromatic rings. The predicted octanol–water partition coefficient (Wildman–Crippen LogP) is 2.56. The van der Waals surface area contributed by atoms with Crippen LogP contribution in [-0.4, -0.2) is 32.7 Å². The smallest absolute Gasteiger partial charge is 0.145 e. The highest BCUT2D eigenvalue weighted by Crippen LogP contribution is 2.20. The fraction of sp³-hybridized carbons (Fsp3) is 0.286. The maximum absolute atomic E-state index is 11.0. The zero-order valence-corrected chi connectivity index (χ0v) is 12.9. The number of benzene rings is 1. The first kappa shape index (κ1) is 15.0. The summed E-state index contributed by atoms with van der Waals surface area (Å²) in [6, 6.07) is 10.3. The lowest BCUT2D eigenvalue weighted by Crippen LogP contribution is -2.11. The molecule has 0 bridgehead atoms. The molecule has 0 aliphatic carbocycles. The second-order valence-electron chi connectivity index (χ2n) is 4.22. The van der Waals surface area contributed by atoms with Crippen LogP contribution in [0.2, 0.25) is 0 Å². The van der Waals surface area contributed by atoms with Crippen LogP contribution >= 0.6 is 11.8 Å². The Bertz CT molecular complexity index is 563. The van der Waals surface area contributed by atoms with Crippen LogP contribution in [0.25, 0.3) is 0 Å². The lowest BCUT2D eigenvalue weighted by molar-refractivity contribution is 0.687. The maximum Gasteiger partial charge on any atom is 0.145 e. The van der Waals surface area contributed by atoms with E-state index >= 15 is 0 Å². The molecule has 0 aliphatic heterocycles. The normalized spacial score (nSPS) is 12.1. The molecule has 4 nitrogen and oxygen atoms in total. The molecular weight excluding hydrogens is 290 g/mol. The Morgan fingerprint density at radius 3 is 2.80 bits per heavy atom. The highest BCUT2D eigenvalue weighted by Gasteiger charge is 2.01. The summed E-state index contributed by atoms with van der Waals surface area (Å²) in [5.41, 5.74) is 1.26. The molecule has 0 saturated heterocycles. The quantitative estimate of drug-likeness (QED) is 0.797. The van der Waals surface area contributed by atoms with Gasteiger partial charge in [-0.05, 0) is 5.56 Å². The van der Waals surface area contributed by atoms with E-state index in [1.807, 2.05) is 18.2 Å². The fourth-order valence-electron chi connectivity index (χ4n) is 1.56. The van der Waals surface area contributed by atoms with Crippen LogP contribution in [-0.2, 0) is 16.6 Å². The Balaban J connectivity index is 1.87. The summed E-state index contributed by atoms with van der Waals surface area (Å²) in [7, 11) is -0.789. The fourth-order valence-corrected chi connectivity index (χ4v) is 2.75. The molecule has 0 spiro atoms. The van der Waals surface area contributed by atoms with Gasteiger partial charge in [0, 0.05) is 35.1 Å². The van der Waals surface area contributed by atoms with E-state index < -0.39 is 10.8 Å². The summed E-state index contributed by atoms with van der Waals surface area (Å²) in [6.45, 7) is 0.643. The average Bonchev–Trinajstić information content (AvgIpc) is 2.46. The molecule has 20 heavy (non-hydrogen) atoms. The largest absolute Gasteiger partial charge is 0.368 e. The second kappa shape index (κ2) is 8.01. The first-order valence-electron chi connectivity index (χ1n) is 6.27. The van der Waals surface area contributed by atoms with Crippen molar-refractivity contribution in [3.05, 3.63) is 48.3 Å². The van der Waals surface area contributed by atoms with Crippen LogP contribution < -0.4 is 5.32 Å². The van der Waals surface area contributed by atoms with Gasteiger partial charge in [0.15, 0.2) is 0 Å². The van der Waals surface area contributed by atoms with Gasteiger partial charge in [0.25, 0.3) is 0 Å². The van der Waals surface area contributed by atoms with Gasteiger partial charge in [-0.1, -0.05) is 30.3 Å². The van der Waals surface area contributed by atoms with Crippen LogP contribution in [0.5, 0.6) is 0 Å². The minimum atomic E-state index is -0.789. The summed E-state index contributed by atoms with van der Waals surface area (Å²) in [5.74, 6) is 2.22. The molecule has 2 rings (SSSR count). The number of anilines is 1. The molecule has 0 fully saturated rings. The number of hydrogen-bond acceptors (Lipinski definition) is 5. The molecular formula is C14H17N3OS2. The molecule has 0 unspecified atom stereocenters. The molecule has 106 valence electrons. The van der Waals surface area contributed by atoms with E-state index in [2.05, 4.69) is 27.4 Å². The van der Waals surface area contributed by atoms with E-state index in [0.717, 1.165) is 16.6 Å². The zero-order chi connectivity index (χ0) is 14.2. The van der Waals surface area contributed by atoms with Crippen LogP contribution in [0.15, 0.2) is 47.8 Å². The highest BCUT2D eigenvalue weighted by atomic mass is 32.2. The van der Waals surface area contributed by atoms with Crippen LogP contribution in [0, 0.1) is 0 Å². The third-order valence-electron chi connectivity index (χ3n) is 2.54. The number of rotatable bonds is 7. The number of hydrogen-bond donors (Lipinski definition) is 1. The van der Waals surface area contributed by atoms with Gasteiger partial charge in [0.1, 0.15) is 10.8 Å². The Morgan fingerprint density at radius 2 is 2.05 bits per heavy atom. The molecule has 6 heteroatoms. The summed E-state index contributed by atoms with van der Waals surface area (Å²) < 4.78 is 11.0. The molecule has 1 atom stereocenters. The topological polar surface area (TPSA) is 54.9 Å². The monoisotopic (exact) mass is 307 g/mol. The third-order valence-corrected chi connectivity index (χ3v) is 4.29. The van der Waals surface area contributed by atoms with Gasteiger partial charge < -0.3 is 5.32 Å². The minimum Gasteiger partial charge on any atom is -0.368 e. The van der Waals surface area contributed by atoms with Crippen molar-refractivity contribution in [3.63, 3.8) is 0 Å². The first-order valence-corrected chi connectivity index (χ1v) is 8.98. The standard InChI is InChI=1S/C14H17N3OS2/c1-20(18)8-7-16-13-9-15-10-14(17-13)19-11-12-5-3-2-4-6-12/h2-6,9-10H,7-8,11H2,1H3,(H,16,17)/t20-/m0/s1. The number of nitrogens with one attached hydrogen (secondary N) is 1. The molecule has 0 saturated carbocycles. The van der Waals surface area contributed by atoms with Crippen molar-refractivity contribution in [2.75, 3.05) is 23.9 Å². The van der Waals surface area contributed by atoms with Crippen LogP contribution in [0.3, 0.4) is 0 Å². The highest BCUT2D eigenvalue weighted by molar-refractivity contribution is 7.98. The summed E-state index contributed by atoms with van der Waals surface area (Å²) in [4.78, 5) is 8.65. The molecule has 0 radical (unpaired) electrons. The van der Waals surface area contributed by atoms with Gasteiger partial charge in [-0.25, -0.2) is 4.98 Å². The summed E-state index contributed by atoms with van der Waals surface area (Å²) >= 11 is 1.65. The second-order valence-corrected chi connectivity index (χ2v) is 6.77. The Kier molecular flexibility index (Phi) is 6.01. The summed E-state index contributed by atoms with van der Waals surface area (Å²) in [6.07, 6.45) is 5.14. The molecule has 1 aromatic heterocycles. The van der Waals surface area contributed by atoms with Crippen molar-refractivity contribution in [2.24, 2.45) is 0 Å². The van der Waals surface area contributed by atoms with Crippen molar-refractivity contribution in [1.29, 1.82) is 0 Å². The SMILES string of the molecule is C[S@](=O)CCNc1cncc(SCc2ccccc2)n1. The van der Waals surface area contributed by atoms with Crippen molar-refractivity contribution >= 4 is 28.4 Å². The van der Waals surface area contributed by atoms with E-state index in [9.17, 15) is 4.21 Å². The van der Waals surface area contributed by atoms with Gasteiger partial charge in [-0.15, -0.1) is 11.8 Å². The van der Waals surface area contributed by atoms with Crippen molar-refractivity contribution in [2.45, 2.75) is 10.8 Å². The predicted molar refractivity (Wildman–Crippen MR) is 85.5 cm³/mol. The van der Waals surface area contributed by atoms with E-state index in [-0.39, 0.29) is 0 Å². The number of nitrogens with zero attached hydrogens (tertiary/aromatic N) is 2. The summed E-state index contributed by atoms with van der Waals surface area (Å²) in [5, 5.41) is 4.02. The van der Waals surface area contributed by atoms with E-state index in [4.69, 9.17) is 0 Å². The Morgan fingerprint density at radius 1 is 1.25 bits per heavy atom. The molecule has 1 N–H and O–H groups in total. The van der Waals surface area contributed by atoms with Crippen molar-refractivity contribution in [1.82, 2.24) is 9.97 Å². The van der Waals surface area contributed by atoms with Gasteiger partial charge in [-0.2, -0.15) is 0 Å². The van der Waals surface area contributed by atoms with Gasteiger partial charge in [0.05, 0.1) is 12.4 Å². The van der Waals surface area contributed by atoms with Crippen molar-refractivity contribution in [3.8, 4) is 0 Å². The lowest BCUT2D eigenvalue weighted by atomic mass is 10.2.